The first-order valence-electron chi connectivity index (χ1n) is 7.17. The number of nitrogens with one attached hydrogen (secondary N) is 2. The van der Waals surface area contributed by atoms with Crippen LogP contribution in [0, 0.1) is 0 Å². The van der Waals surface area contributed by atoms with Gasteiger partial charge in [-0.3, -0.25) is 0 Å². The summed E-state index contributed by atoms with van der Waals surface area (Å²) in [6, 6.07) is 26.1. The number of ether oxygens (including phenoxy) is 1. The highest BCUT2D eigenvalue weighted by molar-refractivity contribution is 5.78. The molecular weight excluding hydrogens is 272 g/mol. The predicted octanol–water partition coefficient (Wildman–Crippen LogP) is 5.18. The number of benzene rings is 3. The summed E-state index contributed by atoms with van der Waals surface area (Å²) in [6.07, 6.45) is 0. The first-order valence-corrected chi connectivity index (χ1v) is 7.17. The van der Waals surface area contributed by atoms with E-state index in [2.05, 4.69) is 16.7 Å². The van der Waals surface area contributed by atoms with Gasteiger partial charge in [-0.15, -0.1) is 0 Å². The summed E-state index contributed by atoms with van der Waals surface area (Å²) >= 11 is 0. The summed E-state index contributed by atoms with van der Waals surface area (Å²) in [6.45, 7) is 0. The van der Waals surface area contributed by atoms with Gasteiger partial charge in [0.15, 0.2) is 0 Å². The molecule has 3 rings (SSSR count). The molecule has 0 saturated heterocycles. The molecule has 0 aliphatic heterocycles. The van der Waals surface area contributed by atoms with Crippen molar-refractivity contribution in [3.05, 3.63) is 78.9 Å². The summed E-state index contributed by atoms with van der Waals surface area (Å²) in [7, 11) is 1.67. The topological polar surface area (TPSA) is 33.3 Å². The van der Waals surface area contributed by atoms with Crippen molar-refractivity contribution < 1.29 is 4.74 Å². The second-order valence-corrected chi connectivity index (χ2v) is 4.89. The Morgan fingerprint density at radius 3 is 1.91 bits per heavy atom. The second kappa shape index (κ2) is 6.68. The van der Waals surface area contributed by atoms with Crippen LogP contribution in [-0.4, -0.2) is 7.11 Å². The van der Waals surface area contributed by atoms with Gasteiger partial charge in [0.05, 0.1) is 18.5 Å². The van der Waals surface area contributed by atoms with Crippen LogP contribution in [0.5, 0.6) is 5.75 Å². The van der Waals surface area contributed by atoms with Gasteiger partial charge in [-0.1, -0.05) is 36.4 Å². The van der Waals surface area contributed by atoms with Crippen LogP contribution in [0.3, 0.4) is 0 Å². The summed E-state index contributed by atoms with van der Waals surface area (Å²) in [5.41, 5.74) is 4.08. The van der Waals surface area contributed by atoms with Crippen LogP contribution < -0.4 is 15.4 Å². The van der Waals surface area contributed by atoms with Gasteiger partial charge in [0.1, 0.15) is 5.75 Å². The Bertz CT molecular complexity index is 741. The lowest BCUT2D eigenvalue weighted by atomic mass is 10.2. The molecule has 3 nitrogen and oxygen atoms in total. The molecule has 3 aromatic carbocycles. The van der Waals surface area contributed by atoms with Gasteiger partial charge in [-0.05, 0) is 36.4 Å². The Kier molecular flexibility index (Phi) is 4.25. The maximum atomic E-state index is 5.26. The Hall–Kier alpha value is -2.94. The van der Waals surface area contributed by atoms with Crippen molar-refractivity contribution >= 4 is 22.7 Å². The van der Waals surface area contributed by atoms with E-state index < -0.39 is 0 Å². The van der Waals surface area contributed by atoms with E-state index in [0.717, 1.165) is 28.5 Å². The van der Waals surface area contributed by atoms with Crippen LogP contribution in [0.15, 0.2) is 78.9 Å². The Balaban J connectivity index is 1.84. The van der Waals surface area contributed by atoms with Gasteiger partial charge in [-0.2, -0.15) is 0 Å². The number of methoxy groups -OCH3 is 1. The molecule has 0 aliphatic carbocycles. The first-order chi connectivity index (χ1) is 10.8. The number of hydrogen-bond acceptors (Lipinski definition) is 3. The Labute approximate surface area is 130 Å². The van der Waals surface area contributed by atoms with Crippen molar-refractivity contribution in [3.63, 3.8) is 0 Å². The van der Waals surface area contributed by atoms with E-state index in [9.17, 15) is 0 Å². The van der Waals surface area contributed by atoms with Crippen molar-refractivity contribution in [1.29, 1.82) is 0 Å². The molecule has 3 heteroatoms. The summed E-state index contributed by atoms with van der Waals surface area (Å²) in [5, 5.41) is 6.85. The normalized spacial score (nSPS) is 10.0. The van der Waals surface area contributed by atoms with Crippen LogP contribution in [0.25, 0.3) is 0 Å². The van der Waals surface area contributed by atoms with E-state index in [4.69, 9.17) is 4.74 Å². The number of rotatable bonds is 5. The lowest BCUT2D eigenvalue weighted by Gasteiger charge is -2.14. The van der Waals surface area contributed by atoms with Crippen molar-refractivity contribution in [2.75, 3.05) is 17.7 Å². The Morgan fingerprint density at radius 1 is 0.636 bits per heavy atom. The molecule has 0 fully saturated rings. The average Bonchev–Trinajstić information content (AvgIpc) is 2.58. The molecule has 0 heterocycles. The minimum Gasteiger partial charge on any atom is -0.497 e. The fourth-order valence-electron chi connectivity index (χ4n) is 2.23. The molecule has 0 bridgehead atoms. The minimum atomic E-state index is 0.832. The van der Waals surface area contributed by atoms with Crippen LogP contribution in [-0.2, 0) is 0 Å². The third kappa shape index (κ3) is 3.38. The SMILES string of the molecule is COc1cccc(Nc2ccccc2Nc2ccccc2)c1. The van der Waals surface area contributed by atoms with Crippen LogP contribution >= 0.6 is 0 Å². The third-order valence-electron chi connectivity index (χ3n) is 3.33. The molecule has 2 N–H and O–H groups in total. The average molecular weight is 290 g/mol. The van der Waals surface area contributed by atoms with Gasteiger partial charge in [-0.25, -0.2) is 0 Å². The highest BCUT2D eigenvalue weighted by Crippen LogP contribution is 2.29. The fourth-order valence-corrected chi connectivity index (χ4v) is 2.23. The highest BCUT2D eigenvalue weighted by Gasteiger charge is 2.03. The molecule has 0 unspecified atom stereocenters. The molecule has 0 saturated carbocycles. The van der Waals surface area contributed by atoms with Gasteiger partial charge in [0.25, 0.3) is 0 Å². The maximum Gasteiger partial charge on any atom is 0.120 e. The van der Waals surface area contributed by atoms with Crippen molar-refractivity contribution in [2.45, 2.75) is 0 Å². The molecule has 3 aromatic rings. The highest BCUT2D eigenvalue weighted by atomic mass is 16.5. The van der Waals surface area contributed by atoms with Gasteiger partial charge in [0, 0.05) is 17.4 Å². The second-order valence-electron chi connectivity index (χ2n) is 4.89. The molecule has 0 radical (unpaired) electrons. The third-order valence-corrected chi connectivity index (χ3v) is 3.33. The van der Waals surface area contributed by atoms with E-state index in [-0.39, 0.29) is 0 Å². The molecule has 0 amide bonds. The van der Waals surface area contributed by atoms with E-state index in [1.807, 2.05) is 72.8 Å². The zero-order valence-corrected chi connectivity index (χ0v) is 12.4. The van der Waals surface area contributed by atoms with E-state index >= 15 is 0 Å². The number of anilines is 4. The van der Waals surface area contributed by atoms with Gasteiger partial charge in [0.2, 0.25) is 0 Å². The van der Waals surface area contributed by atoms with Crippen molar-refractivity contribution in [3.8, 4) is 5.75 Å². The monoisotopic (exact) mass is 290 g/mol. The van der Waals surface area contributed by atoms with Gasteiger partial charge >= 0.3 is 0 Å². The smallest absolute Gasteiger partial charge is 0.120 e. The van der Waals surface area contributed by atoms with Crippen molar-refractivity contribution in [1.82, 2.24) is 0 Å². The zero-order chi connectivity index (χ0) is 15.2. The number of para-hydroxylation sites is 3. The quantitative estimate of drug-likeness (QED) is 0.679. The molecule has 110 valence electrons. The molecule has 0 aliphatic rings. The maximum absolute atomic E-state index is 5.26. The lowest BCUT2D eigenvalue weighted by molar-refractivity contribution is 0.415. The van der Waals surface area contributed by atoms with Crippen LogP contribution in [0.4, 0.5) is 22.7 Å². The zero-order valence-electron chi connectivity index (χ0n) is 12.4. The molecule has 22 heavy (non-hydrogen) atoms. The Morgan fingerprint density at radius 2 is 1.23 bits per heavy atom. The summed E-state index contributed by atoms with van der Waals surface area (Å²) in [5.74, 6) is 0.832. The van der Waals surface area contributed by atoms with Crippen LogP contribution in [0.2, 0.25) is 0 Å². The molecule has 0 spiro atoms. The van der Waals surface area contributed by atoms with E-state index in [1.54, 1.807) is 7.11 Å². The molecule has 0 atom stereocenters. The van der Waals surface area contributed by atoms with Crippen molar-refractivity contribution in [2.24, 2.45) is 0 Å². The fraction of sp³-hybridized carbons (Fsp3) is 0.0526. The largest absolute Gasteiger partial charge is 0.497 e. The molecule has 0 aromatic heterocycles. The minimum absolute atomic E-state index is 0.832. The summed E-state index contributed by atoms with van der Waals surface area (Å²) in [4.78, 5) is 0. The van der Waals surface area contributed by atoms with Gasteiger partial charge < -0.3 is 15.4 Å². The molecular formula is C19H18N2O. The predicted molar refractivity (Wildman–Crippen MR) is 92.4 cm³/mol. The van der Waals surface area contributed by atoms with E-state index in [1.165, 1.54) is 0 Å². The van der Waals surface area contributed by atoms with E-state index in [0.29, 0.717) is 0 Å². The standard InChI is InChI=1S/C19H18N2O/c1-22-17-11-7-10-16(14-17)21-19-13-6-5-12-18(19)20-15-8-3-2-4-9-15/h2-14,20-21H,1H3. The lowest BCUT2D eigenvalue weighted by Crippen LogP contribution is -1.97. The summed E-state index contributed by atoms with van der Waals surface area (Å²) < 4.78 is 5.26. The first kappa shape index (κ1) is 14.0. The number of hydrogen-bond donors (Lipinski definition) is 2. The van der Waals surface area contributed by atoms with Crippen LogP contribution in [0.1, 0.15) is 0 Å².